The van der Waals surface area contributed by atoms with Gasteiger partial charge in [0.1, 0.15) is 18.1 Å². The van der Waals surface area contributed by atoms with Crippen LogP contribution in [-0.4, -0.2) is 19.2 Å². The average Bonchev–Trinajstić information content (AvgIpc) is 2.83. The van der Waals surface area contributed by atoms with Crippen LogP contribution in [0.5, 0.6) is 11.5 Å². The van der Waals surface area contributed by atoms with E-state index in [0.29, 0.717) is 32.7 Å². The van der Waals surface area contributed by atoms with Crippen molar-refractivity contribution < 1.29 is 14.3 Å². The number of halogens is 3. The monoisotopic (exact) mass is 556 g/mol. The van der Waals surface area contributed by atoms with E-state index in [4.69, 9.17) is 32.7 Å². The number of methoxy groups -OCH3 is 1. The van der Waals surface area contributed by atoms with Crippen LogP contribution in [0.3, 0.4) is 0 Å². The van der Waals surface area contributed by atoms with Gasteiger partial charge < -0.3 is 9.47 Å². The standard InChI is InChI=1S/C26H19BrCl2N2O3/c1-33-25-12-17-5-3-2-4-16(17)11-22(25)26(32)31-30-14-19-10-20(27)7-9-24(19)34-15-18-6-8-21(28)13-23(18)29/h2-14H,15H2,1H3,(H,31,32)/b30-14-. The fourth-order valence-corrected chi connectivity index (χ4v) is 4.17. The van der Waals surface area contributed by atoms with Crippen molar-refractivity contribution in [3.8, 4) is 11.5 Å². The fourth-order valence-electron chi connectivity index (χ4n) is 3.33. The summed E-state index contributed by atoms with van der Waals surface area (Å²) in [5.74, 6) is 0.664. The molecule has 0 heterocycles. The first-order chi connectivity index (χ1) is 16.4. The molecule has 0 unspecified atom stereocenters. The molecular formula is C26H19BrCl2N2O3. The summed E-state index contributed by atoms with van der Waals surface area (Å²) in [5.41, 5.74) is 4.43. The minimum atomic E-state index is -0.385. The molecule has 0 aliphatic carbocycles. The predicted octanol–water partition coefficient (Wildman–Crippen LogP) is 7.26. The van der Waals surface area contributed by atoms with Gasteiger partial charge in [-0.25, -0.2) is 5.43 Å². The Kier molecular flexibility index (Phi) is 7.73. The highest BCUT2D eigenvalue weighted by Crippen LogP contribution is 2.27. The molecular weight excluding hydrogens is 539 g/mol. The topological polar surface area (TPSA) is 59.9 Å². The van der Waals surface area contributed by atoms with E-state index in [1.807, 2.05) is 54.6 Å². The normalized spacial score (nSPS) is 11.1. The van der Waals surface area contributed by atoms with Crippen LogP contribution in [0.15, 0.2) is 82.4 Å². The second kappa shape index (κ2) is 10.9. The van der Waals surface area contributed by atoms with Gasteiger partial charge in [-0.2, -0.15) is 5.10 Å². The number of nitrogens with zero attached hydrogens (tertiary/aromatic N) is 1. The van der Waals surface area contributed by atoms with Crippen LogP contribution in [0.1, 0.15) is 21.5 Å². The molecule has 0 saturated carbocycles. The molecule has 1 amide bonds. The zero-order valence-electron chi connectivity index (χ0n) is 18.0. The molecule has 0 saturated heterocycles. The molecule has 0 aliphatic heterocycles. The van der Waals surface area contributed by atoms with Crippen molar-refractivity contribution in [3.05, 3.63) is 104 Å². The predicted molar refractivity (Wildman–Crippen MR) is 140 cm³/mol. The van der Waals surface area contributed by atoms with Gasteiger partial charge in [0.2, 0.25) is 0 Å². The SMILES string of the molecule is COc1cc2ccccc2cc1C(=O)N/N=C\c1cc(Br)ccc1OCc1ccc(Cl)cc1Cl. The van der Waals surface area contributed by atoms with Gasteiger partial charge in [-0.15, -0.1) is 0 Å². The molecule has 0 radical (unpaired) electrons. The lowest BCUT2D eigenvalue weighted by Crippen LogP contribution is -2.18. The van der Waals surface area contributed by atoms with Gasteiger partial charge in [0.05, 0.1) is 18.9 Å². The second-order valence-electron chi connectivity index (χ2n) is 7.31. The van der Waals surface area contributed by atoms with Gasteiger partial charge in [0.25, 0.3) is 5.91 Å². The summed E-state index contributed by atoms with van der Waals surface area (Å²) >= 11 is 15.7. The molecule has 0 aromatic heterocycles. The molecule has 0 fully saturated rings. The number of hydrogen-bond donors (Lipinski definition) is 1. The summed E-state index contributed by atoms with van der Waals surface area (Å²) in [6.07, 6.45) is 1.52. The van der Waals surface area contributed by atoms with Crippen molar-refractivity contribution >= 4 is 62.0 Å². The van der Waals surface area contributed by atoms with E-state index in [1.165, 1.54) is 13.3 Å². The summed E-state index contributed by atoms with van der Waals surface area (Å²) in [5, 5.41) is 7.13. The number of carbonyl (C=O) groups excluding carboxylic acids is 1. The highest BCUT2D eigenvalue weighted by atomic mass is 79.9. The van der Waals surface area contributed by atoms with E-state index in [9.17, 15) is 4.79 Å². The molecule has 8 heteroatoms. The third-order valence-corrected chi connectivity index (χ3v) is 6.13. The van der Waals surface area contributed by atoms with E-state index in [1.54, 1.807) is 18.2 Å². The van der Waals surface area contributed by atoms with E-state index in [0.717, 1.165) is 20.8 Å². The van der Waals surface area contributed by atoms with Crippen molar-refractivity contribution in [2.45, 2.75) is 6.61 Å². The lowest BCUT2D eigenvalue weighted by molar-refractivity contribution is 0.0952. The third kappa shape index (κ3) is 5.70. The van der Waals surface area contributed by atoms with Crippen molar-refractivity contribution in [1.29, 1.82) is 0 Å². The lowest BCUT2D eigenvalue weighted by atomic mass is 10.1. The zero-order valence-corrected chi connectivity index (χ0v) is 21.1. The summed E-state index contributed by atoms with van der Waals surface area (Å²) in [7, 11) is 1.53. The van der Waals surface area contributed by atoms with Gasteiger partial charge in [0.15, 0.2) is 0 Å². The number of ether oxygens (including phenoxy) is 2. The van der Waals surface area contributed by atoms with Crippen LogP contribution in [0.25, 0.3) is 10.8 Å². The Bertz CT molecular complexity index is 1390. The number of nitrogens with one attached hydrogen (secondary N) is 1. The van der Waals surface area contributed by atoms with Crippen molar-refractivity contribution in [2.24, 2.45) is 5.10 Å². The highest BCUT2D eigenvalue weighted by Gasteiger charge is 2.13. The molecule has 1 N–H and O–H groups in total. The Morgan fingerprint density at radius 3 is 2.50 bits per heavy atom. The Labute approximate surface area is 215 Å². The first kappa shape index (κ1) is 24.1. The molecule has 0 aliphatic rings. The molecule has 0 atom stereocenters. The Balaban J connectivity index is 1.51. The van der Waals surface area contributed by atoms with E-state index in [2.05, 4.69) is 26.5 Å². The van der Waals surface area contributed by atoms with Gasteiger partial charge in [-0.05, 0) is 53.2 Å². The number of hydrazone groups is 1. The minimum Gasteiger partial charge on any atom is -0.496 e. The Hall–Kier alpha value is -3.06. The van der Waals surface area contributed by atoms with Crippen LogP contribution in [0.4, 0.5) is 0 Å². The molecule has 0 spiro atoms. The van der Waals surface area contributed by atoms with Crippen LogP contribution >= 0.6 is 39.1 Å². The Morgan fingerprint density at radius 1 is 1.00 bits per heavy atom. The van der Waals surface area contributed by atoms with Crippen molar-refractivity contribution in [1.82, 2.24) is 5.43 Å². The molecule has 4 aromatic carbocycles. The van der Waals surface area contributed by atoms with Gasteiger partial charge >= 0.3 is 0 Å². The zero-order chi connectivity index (χ0) is 24.1. The van der Waals surface area contributed by atoms with Crippen LogP contribution in [0.2, 0.25) is 10.0 Å². The first-order valence-corrected chi connectivity index (χ1v) is 11.8. The fraction of sp³-hybridized carbons (Fsp3) is 0.0769. The quantitative estimate of drug-likeness (QED) is 0.192. The molecule has 4 aromatic rings. The largest absolute Gasteiger partial charge is 0.496 e. The minimum absolute atomic E-state index is 0.249. The maximum Gasteiger partial charge on any atom is 0.275 e. The van der Waals surface area contributed by atoms with Crippen LogP contribution in [0, 0.1) is 0 Å². The van der Waals surface area contributed by atoms with E-state index < -0.39 is 0 Å². The molecule has 0 bridgehead atoms. The number of amides is 1. The van der Waals surface area contributed by atoms with E-state index >= 15 is 0 Å². The first-order valence-electron chi connectivity index (χ1n) is 10.2. The van der Waals surface area contributed by atoms with Crippen LogP contribution < -0.4 is 14.9 Å². The molecule has 34 heavy (non-hydrogen) atoms. The van der Waals surface area contributed by atoms with Crippen LogP contribution in [-0.2, 0) is 6.61 Å². The maximum atomic E-state index is 12.8. The second-order valence-corrected chi connectivity index (χ2v) is 9.06. The summed E-state index contributed by atoms with van der Waals surface area (Å²) < 4.78 is 12.2. The van der Waals surface area contributed by atoms with Gasteiger partial charge in [-0.3, -0.25) is 4.79 Å². The molecule has 172 valence electrons. The number of fused-ring (bicyclic) bond motifs is 1. The number of benzene rings is 4. The number of rotatable bonds is 7. The summed E-state index contributed by atoms with van der Waals surface area (Å²) in [6.45, 7) is 0.249. The highest BCUT2D eigenvalue weighted by molar-refractivity contribution is 9.10. The van der Waals surface area contributed by atoms with Gasteiger partial charge in [0, 0.05) is 25.6 Å². The Morgan fingerprint density at radius 2 is 1.76 bits per heavy atom. The third-order valence-electron chi connectivity index (χ3n) is 5.05. The van der Waals surface area contributed by atoms with Crippen molar-refractivity contribution in [2.75, 3.05) is 7.11 Å². The summed E-state index contributed by atoms with van der Waals surface area (Å²) in [4.78, 5) is 12.8. The number of hydrogen-bond acceptors (Lipinski definition) is 4. The number of carbonyl (C=O) groups is 1. The molecule has 5 nitrogen and oxygen atoms in total. The van der Waals surface area contributed by atoms with E-state index in [-0.39, 0.29) is 12.5 Å². The van der Waals surface area contributed by atoms with Crippen molar-refractivity contribution in [3.63, 3.8) is 0 Å². The smallest absolute Gasteiger partial charge is 0.275 e. The maximum absolute atomic E-state index is 12.8. The average molecular weight is 558 g/mol. The lowest BCUT2D eigenvalue weighted by Gasteiger charge is -2.11. The summed E-state index contributed by atoms with van der Waals surface area (Å²) in [6, 6.07) is 22.1. The molecule has 4 rings (SSSR count). The van der Waals surface area contributed by atoms with Gasteiger partial charge in [-0.1, -0.05) is 69.5 Å².